The Morgan fingerprint density at radius 2 is 2.05 bits per heavy atom. The Hall–Kier alpha value is -1.26. The summed E-state index contributed by atoms with van der Waals surface area (Å²) in [6.45, 7) is 7.56. The van der Waals surface area contributed by atoms with Gasteiger partial charge in [-0.25, -0.2) is 0 Å². The SMILES string of the molecule is CCN[C@H](C)CNC(=O)C(C)c1cccc(OC)c1.Cl. The highest BCUT2D eigenvalue weighted by atomic mass is 35.5. The number of halogens is 1. The van der Waals surface area contributed by atoms with Gasteiger partial charge in [0.1, 0.15) is 5.75 Å². The van der Waals surface area contributed by atoms with Crippen molar-refractivity contribution < 1.29 is 9.53 Å². The van der Waals surface area contributed by atoms with E-state index in [0.717, 1.165) is 17.9 Å². The number of hydrogen-bond acceptors (Lipinski definition) is 3. The van der Waals surface area contributed by atoms with E-state index in [1.165, 1.54) is 0 Å². The maximum Gasteiger partial charge on any atom is 0.227 e. The minimum atomic E-state index is -0.177. The molecule has 2 N–H and O–H groups in total. The van der Waals surface area contributed by atoms with Crippen LogP contribution in [0.25, 0.3) is 0 Å². The van der Waals surface area contributed by atoms with Crippen LogP contribution in [0, 0.1) is 0 Å². The van der Waals surface area contributed by atoms with Gasteiger partial charge in [0.15, 0.2) is 0 Å². The molecule has 0 heterocycles. The van der Waals surface area contributed by atoms with Crippen molar-refractivity contribution in [3.05, 3.63) is 29.8 Å². The molecule has 20 heavy (non-hydrogen) atoms. The number of methoxy groups -OCH3 is 1. The van der Waals surface area contributed by atoms with Crippen molar-refractivity contribution in [2.45, 2.75) is 32.7 Å². The molecule has 4 nitrogen and oxygen atoms in total. The summed E-state index contributed by atoms with van der Waals surface area (Å²) in [5, 5.41) is 6.22. The third kappa shape index (κ3) is 5.80. The van der Waals surface area contributed by atoms with Crippen LogP contribution >= 0.6 is 12.4 Å². The van der Waals surface area contributed by atoms with Gasteiger partial charge < -0.3 is 15.4 Å². The van der Waals surface area contributed by atoms with E-state index in [4.69, 9.17) is 4.74 Å². The predicted octanol–water partition coefficient (Wildman–Crippen LogP) is 2.33. The van der Waals surface area contributed by atoms with Gasteiger partial charge in [-0.15, -0.1) is 12.4 Å². The van der Waals surface area contributed by atoms with Crippen LogP contribution in [0.5, 0.6) is 5.75 Å². The highest BCUT2D eigenvalue weighted by Gasteiger charge is 2.15. The van der Waals surface area contributed by atoms with Crippen molar-refractivity contribution in [3.63, 3.8) is 0 Å². The molecule has 5 heteroatoms. The van der Waals surface area contributed by atoms with Crippen molar-refractivity contribution in [1.29, 1.82) is 0 Å². The minimum Gasteiger partial charge on any atom is -0.497 e. The molecular weight excluding hydrogens is 276 g/mol. The molecule has 1 amide bonds. The monoisotopic (exact) mass is 300 g/mol. The molecule has 0 aliphatic rings. The molecule has 0 aliphatic heterocycles. The molecule has 0 saturated heterocycles. The van der Waals surface area contributed by atoms with Gasteiger partial charge in [0.2, 0.25) is 5.91 Å². The molecule has 0 aliphatic carbocycles. The lowest BCUT2D eigenvalue weighted by Gasteiger charge is -2.17. The number of carbonyl (C=O) groups excluding carboxylic acids is 1. The van der Waals surface area contributed by atoms with E-state index in [-0.39, 0.29) is 30.3 Å². The number of rotatable bonds is 7. The minimum absolute atomic E-state index is 0. The summed E-state index contributed by atoms with van der Waals surface area (Å²) in [5.41, 5.74) is 0.966. The highest BCUT2D eigenvalue weighted by molar-refractivity contribution is 5.85. The fraction of sp³-hybridized carbons (Fsp3) is 0.533. The Morgan fingerprint density at radius 3 is 2.65 bits per heavy atom. The number of hydrogen-bond donors (Lipinski definition) is 2. The third-order valence-electron chi connectivity index (χ3n) is 3.12. The Balaban J connectivity index is 0.00000361. The topological polar surface area (TPSA) is 50.4 Å². The second kappa shape index (κ2) is 9.61. The van der Waals surface area contributed by atoms with E-state index >= 15 is 0 Å². The normalized spacial score (nSPS) is 13.0. The van der Waals surface area contributed by atoms with E-state index in [0.29, 0.717) is 6.54 Å². The fourth-order valence-electron chi connectivity index (χ4n) is 1.89. The second-order valence-electron chi connectivity index (χ2n) is 4.70. The van der Waals surface area contributed by atoms with Crippen molar-refractivity contribution >= 4 is 18.3 Å². The maximum absolute atomic E-state index is 12.1. The Bertz CT molecular complexity index is 413. The molecule has 1 unspecified atom stereocenters. The molecule has 1 aromatic carbocycles. The molecule has 0 spiro atoms. The summed E-state index contributed by atoms with van der Waals surface area (Å²) >= 11 is 0. The third-order valence-corrected chi connectivity index (χ3v) is 3.12. The van der Waals surface area contributed by atoms with Gasteiger partial charge in [-0.3, -0.25) is 4.79 Å². The number of nitrogens with one attached hydrogen (secondary N) is 2. The Kier molecular flexibility index (Phi) is 9.01. The van der Waals surface area contributed by atoms with Crippen LogP contribution in [0.3, 0.4) is 0 Å². The summed E-state index contributed by atoms with van der Waals surface area (Å²) in [6.07, 6.45) is 0. The molecule has 0 fully saturated rings. The first kappa shape index (κ1) is 18.7. The summed E-state index contributed by atoms with van der Waals surface area (Å²) in [6, 6.07) is 7.91. The van der Waals surface area contributed by atoms with Crippen LogP contribution in [0.4, 0.5) is 0 Å². The van der Waals surface area contributed by atoms with E-state index in [9.17, 15) is 4.79 Å². The number of likely N-dealkylation sites (N-methyl/N-ethyl adjacent to an activating group) is 1. The summed E-state index contributed by atoms with van der Waals surface area (Å²) in [5.74, 6) is 0.639. The number of ether oxygens (including phenoxy) is 1. The van der Waals surface area contributed by atoms with Gasteiger partial charge in [-0.05, 0) is 38.1 Å². The van der Waals surface area contributed by atoms with Gasteiger partial charge in [-0.1, -0.05) is 19.1 Å². The first-order valence-corrected chi connectivity index (χ1v) is 6.73. The smallest absolute Gasteiger partial charge is 0.227 e. The van der Waals surface area contributed by atoms with Crippen LogP contribution in [-0.4, -0.2) is 32.1 Å². The van der Waals surface area contributed by atoms with Crippen molar-refractivity contribution in [2.24, 2.45) is 0 Å². The van der Waals surface area contributed by atoms with Gasteiger partial charge >= 0.3 is 0 Å². The first-order chi connectivity index (χ1) is 9.08. The Morgan fingerprint density at radius 1 is 1.35 bits per heavy atom. The maximum atomic E-state index is 12.1. The number of amides is 1. The van der Waals surface area contributed by atoms with Crippen molar-refractivity contribution in [2.75, 3.05) is 20.2 Å². The zero-order chi connectivity index (χ0) is 14.3. The van der Waals surface area contributed by atoms with E-state index < -0.39 is 0 Å². The summed E-state index contributed by atoms with van der Waals surface area (Å²) in [7, 11) is 1.63. The van der Waals surface area contributed by atoms with Crippen LogP contribution in [0.1, 0.15) is 32.3 Å². The van der Waals surface area contributed by atoms with Crippen molar-refractivity contribution in [3.8, 4) is 5.75 Å². The average Bonchev–Trinajstić information content (AvgIpc) is 2.44. The van der Waals surface area contributed by atoms with E-state index in [1.807, 2.05) is 31.2 Å². The molecule has 1 aromatic rings. The van der Waals surface area contributed by atoms with E-state index in [2.05, 4.69) is 24.5 Å². The number of benzene rings is 1. The van der Waals surface area contributed by atoms with Crippen LogP contribution < -0.4 is 15.4 Å². The standard InChI is InChI=1S/C15H24N2O2.ClH/c1-5-16-11(2)10-17-15(18)12(3)13-7-6-8-14(9-13)19-4;/h6-9,11-12,16H,5,10H2,1-4H3,(H,17,18);1H/t11-,12?;/m1./s1. The zero-order valence-electron chi connectivity index (χ0n) is 12.6. The summed E-state index contributed by atoms with van der Waals surface area (Å²) in [4.78, 5) is 12.1. The predicted molar refractivity (Wildman–Crippen MR) is 84.8 cm³/mol. The number of carbonyl (C=O) groups is 1. The largest absolute Gasteiger partial charge is 0.497 e. The lowest BCUT2D eigenvalue weighted by Crippen LogP contribution is -2.40. The lowest BCUT2D eigenvalue weighted by molar-refractivity contribution is -0.122. The lowest BCUT2D eigenvalue weighted by atomic mass is 10.00. The molecule has 2 atom stereocenters. The molecule has 0 saturated carbocycles. The van der Waals surface area contributed by atoms with Crippen LogP contribution in [0.2, 0.25) is 0 Å². The van der Waals surface area contributed by atoms with Gasteiger partial charge in [0.05, 0.1) is 13.0 Å². The van der Waals surface area contributed by atoms with Crippen LogP contribution in [-0.2, 0) is 4.79 Å². The average molecular weight is 301 g/mol. The van der Waals surface area contributed by atoms with Crippen LogP contribution in [0.15, 0.2) is 24.3 Å². The molecule has 0 aromatic heterocycles. The van der Waals surface area contributed by atoms with Gasteiger partial charge in [-0.2, -0.15) is 0 Å². The Labute approximate surface area is 127 Å². The molecule has 0 radical (unpaired) electrons. The molecule has 114 valence electrons. The van der Waals surface area contributed by atoms with Crippen molar-refractivity contribution in [1.82, 2.24) is 10.6 Å². The molecular formula is C15H25ClN2O2. The summed E-state index contributed by atoms with van der Waals surface area (Å²) < 4.78 is 5.17. The van der Waals surface area contributed by atoms with E-state index in [1.54, 1.807) is 7.11 Å². The first-order valence-electron chi connectivity index (χ1n) is 6.73. The fourth-order valence-corrected chi connectivity index (χ4v) is 1.89. The molecule has 0 bridgehead atoms. The second-order valence-corrected chi connectivity index (χ2v) is 4.70. The quantitative estimate of drug-likeness (QED) is 0.812. The van der Waals surface area contributed by atoms with Gasteiger partial charge in [0.25, 0.3) is 0 Å². The highest BCUT2D eigenvalue weighted by Crippen LogP contribution is 2.20. The molecule has 1 rings (SSSR count). The zero-order valence-corrected chi connectivity index (χ0v) is 13.4. The van der Waals surface area contributed by atoms with Gasteiger partial charge in [0, 0.05) is 12.6 Å².